The largest absolute Gasteiger partial charge is 0.497 e. The molecule has 2 aromatic heterocycles. The van der Waals surface area contributed by atoms with Crippen LogP contribution in [0.1, 0.15) is 0 Å². The topological polar surface area (TPSA) is 98.2 Å². The molecule has 1 amide bonds. The Kier molecular flexibility index (Phi) is 6.58. The van der Waals surface area contributed by atoms with Crippen molar-refractivity contribution in [3.63, 3.8) is 0 Å². The lowest BCUT2D eigenvalue weighted by molar-refractivity contribution is -0.113. The number of para-hydroxylation sites is 1. The molecule has 0 saturated carbocycles. The SMILES string of the molecule is COc1ccc(OC)c(NC(=O)CSc2nc3c([nH]c4ccccc43)c(=O)n2-c2ccc(Cl)cc2)c1. The van der Waals surface area contributed by atoms with Gasteiger partial charge < -0.3 is 19.8 Å². The smallest absolute Gasteiger partial charge is 0.283 e. The number of H-pyrrole nitrogens is 1. The Morgan fingerprint density at radius 2 is 1.86 bits per heavy atom. The van der Waals surface area contributed by atoms with Gasteiger partial charge in [-0.2, -0.15) is 0 Å². The van der Waals surface area contributed by atoms with Crippen LogP contribution in [0.5, 0.6) is 11.5 Å². The number of amides is 1. The highest BCUT2D eigenvalue weighted by atomic mass is 35.5. The number of carbonyl (C=O) groups is 1. The van der Waals surface area contributed by atoms with Gasteiger partial charge in [-0.15, -0.1) is 0 Å². The maximum absolute atomic E-state index is 13.6. The number of rotatable bonds is 7. The fourth-order valence-corrected chi connectivity index (χ4v) is 4.82. The number of thioether (sulfide) groups is 1. The van der Waals surface area contributed by atoms with E-state index < -0.39 is 0 Å². The van der Waals surface area contributed by atoms with E-state index in [0.717, 1.165) is 22.7 Å². The summed E-state index contributed by atoms with van der Waals surface area (Å²) < 4.78 is 12.1. The predicted molar refractivity (Wildman–Crippen MR) is 143 cm³/mol. The molecule has 0 aliphatic rings. The quantitative estimate of drug-likeness (QED) is 0.224. The molecular formula is C26H21ClN4O4S. The first-order valence-electron chi connectivity index (χ1n) is 10.9. The number of aromatic amines is 1. The molecule has 0 saturated heterocycles. The molecule has 0 aliphatic heterocycles. The van der Waals surface area contributed by atoms with Gasteiger partial charge in [0.15, 0.2) is 5.16 Å². The first kappa shape index (κ1) is 23.8. The third-order valence-electron chi connectivity index (χ3n) is 5.59. The number of carbonyl (C=O) groups excluding carboxylic acids is 1. The van der Waals surface area contributed by atoms with E-state index in [0.29, 0.717) is 44.1 Å². The number of nitrogens with zero attached hydrogens (tertiary/aromatic N) is 2. The first-order chi connectivity index (χ1) is 17.5. The number of methoxy groups -OCH3 is 2. The lowest BCUT2D eigenvalue weighted by Gasteiger charge is -2.13. The first-order valence-corrected chi connectivity index (χ1v) is 12.3. The van der Waals surface area contributed by atoms with Crippen molar-refractivity contribution < 1.29 is 14.3 Å². The number of nitrogens with one attached hydrogen (secondary N) is 2. The number of aromatic nitrogens is 3. The molecule has 0 aliphatic carbocycles. The molecule has 36 heavy (non-hydrogen) atoms. The van der Waals surface area contributed by atoms with E-state index in [2.05, 4.69) is 10.3 Å². The Labute approximate surface area is 215 Å². The molecule has 0 atom stereocenters. The highest BCUT2D eigenvalue weighted by Gasteiger charge is 2.18. The number of anilines is 1. The number of halogens is 1. The van der Waals surface area contributed by atoms with Gasteiger partial charge in [0.25, 0.3) is 5.56 Å². The van der Waals surface area contributed by atoms with Crippen LogP contribution in [0.25, 0.3) is 27.6 Å². The van der Waals surface area contributed by atoms with Crippen molar-refractivity contribution >= 4 is 56.9 Å². The summed E-state index contributed by atoms with van der Waals surface area (Å²) in [6.45, 7) is 0. The highest BCUT2D eigenvalue weighted by molar-refractivity contribution is 7.99. The van der Waals surface area contributed by atoms with E-state index in [1.54, 1.807) is 49.6 Å². The second kappa shape index (κ2) is 9.96. The van der Waals surface area contributed by atoms with Gasteiger partial charge in [-0.25, -0.2) is 4.98 Å². The maximum Gasteiger partial charge on any atom is 0.283 e. The third-order valence-corrected chi connectivity index (χ3v) is 6.78. The third kappa shape index (κ3) is 4.50. The van der Waals surface area contributed by atoms with E-state index in [4.69, 9.17) is 26.1 Å². The van der Waals surface area contributed by atoms with Gasteiger partial charge in [0.1, 0.15) is 22.5 Å². The minimum Gasteiger partial charge on any atom is -0.497 e. The van der Waals surface area contributed by atoms with Gasteiger partial charge in [-0.1, -0.05) is 41.6 Å². The minimum absolute atomic E-state index is 0.00819. The van der Waals surface area contributed by atoms with Crippen molar-refractivity contribution in [1.82, 2.24) is 14.5 Å². The van der Waals surface area contributed by atoms with E-state index in [1.165, 1.54) is 11.7 Å². The van der Waals surface area contributed by atoms with Crippen LogP contribution >= 0.6 is 23.4 Å². The van der Waals surface area contributed by atoms with E-state index in [1.807, 2.05) is 24.3 Å². The average Bonchev–Trinajstić information content (AvgIpc) is 3.27. The monoisotopic (exact) mass is 520 g/mol. The zero-order valence-electron chi connectivity index (χ0n) is 19.4. The summed E-state index contributed by atoms with van der Waals surface area (Å²) in [7, 11) is 3.07. The van der Waals surface area contributed by atoms with Crippen LogP contribution in [-0.2, 0) is 4.79 Å². The number of hydrogen-bond acceptors (Lipinski definition) is 6. The fourth-order valence-electron chi connectivity index (χ4n) is 3.89. The number of fused-ring (bicyclic) bond motifs is 3. The van der Waals surface area contributed by atoms with E-state index in [-0.39, 0.29) is 17.2 Å². The van der Waals surface area contributed by atoms with Crippen molar-refractivity contribution in [3.05, 3.63) is 82.1 Å². The van der Waals surface area contributed by atoms with Gasteiger partial charge in [0.05, 0.1) is 31.3 Å². The summed E-state index contributed by atoms with van der Waals surface area (Å²) in [5.74, 6) is 0.809. The van der Waals surface area contributed by atoms with Crippen LogP contribution in [0.3, 0.4) is 0 Å². The van der Waals surface area contributed by atoms with Gasteiger partial charge in [-0.3, -0.25) is 14.2 Å². The second-order valence-electron chi connectivity index (χ2n) is 7.81. The molecule has 0 spiro atoms. The molecule has 2 heterocycles. The summed E-state index contributed by atoms with van der Waals surface area (Å²) in [6, 6.07) is 19.6. The number of benzene rings is 3. The van der Waals surface area contributed by atoms with Crippen LogP contribution < -0.4 is 20.3 Å². The van der Waals surface area contributed by atoms with Crippen molar-refractivity contribution in [2.24, 2.45) is 0 Å². The van der Waals surface area contributed by atoms with Crippen LogP contribution in [0, 0.1) is 0 Å². The highest BCUT2D eigenvalue weighted by Crippen LogP contribution is 2.30. The molecule has 2 N–H and O–H groups in total. The normalized spacial score (nSPS) is 11.1. The van der Waals surface area contributed by atoms with Gasteiger partial charge in [0, 0.05) is 22.0 Å². The van der Waals surface area contributed by atoms with Crippen molar-refractivity contribution in [1.29, 1.82) is 0 Å². The molecule has 182 valence electrons. The summed E-state index contributed by atoms with van der Waals surface area (Å²) >= 11 is 7.23. The van der Waals surface area contributed by atoms with Gasteiger partial charge in [-0.05, 0) is 42.5 Å². The molecule has 0 radical (unpaired) electrons. The Bertz CT molecular complexity index is 1650. The van der Waals surface area contributed by atoms with Gasteiger partial charge in [0.2, 0.25) is 5.91 Å². The maximum atomic E-state index is 13.6. The van der Waals surface area contributed by atoms with Crippen LogP contribution in [-0.4, -0.2) is 40.4 Å². The summed E-state index contributed by atoms with van der Waals surface area (Å²) in [6.07, 6.45) is 0. The fraction of sp³-hybridized carbons (Fsp3) is 0.115. The van der Waals surface area contributed by atoms with Crippen LogP contribution in [0.15, 0.2) is 76.7 Å². The molecule has 0 unspecified atom stereocenters. The Hall–Kier alpha value is -3.95. The number of hydrogen-bond donors (Lipinski definition) is 2. The molecule has 10 heteroatoms. The molecule has 5 rings (SSSR count). The Morgan fingerprint density at radius 3 is 2.61 bits per heavy atom. The zero-order valence-corrected chi connectivity index (χ0v) is 20.9. The summed E-state index contributed by atoms with van der Waals surface area (Å²) in [4.78, 5) is 34.5. The molecule has 5 aromatic rings. The molecule has 8 nitrogen and oxygen atoms in total. The van der Waals surface area contributed by atoms with Gasteiger partial charge >= 0.3 is 0 Å². The predicted octanol–water partition coefficient (Wildman–Crippen LogP) is 5.27. The summed E-state index contributed by atoms with van der Waals surface area (Å²) in [5, 5.41) is 4.61. The molecule has 0 bridgehead atoms. The van der Waals surface area contributed by atoms with Crippen LogP contribution in [0.2, 0.25) is 5.02 Å². The second-order valence-corrected chi connectivity index (χ2v) is 9.19. The van der Waals surface area contributed by atoms with Crippen molar-refractivity contribution in [2.45, 2.75) is 5.16 Å². The van der Waals surface area contributed by atoms with Crippen LogP contribution in [0.4, 0.5) is 5.69 Å². The van der Waals surface area contributed by atoms with Crippen molar-refractivity contribution in [2.75, 3.05) is 25.3 Å². The molecule has 3 aromatic carbocycles. The van der Waals surface area contributed by atoms with E-state index in [9.17, 15) is 9.59 Å². The molecular weight excluding hydrogens is 500 g/mol. The summed E-state index contributed by atoms with van der Waals surface area (Å²) in [5.41, 5.74) is 2.56. The zero-order chi connectivity index (χ0) is 25.2. The Morgan fingerprint density at radius 1 is 1.08 bits per heavy atom. The Balaban J connectivity index is 1.52. The lowest BCUT2D eigenvalue weighted by atomic mass is 10.2. The minimum atomic E-state index is -0.289. The van der Waals surface area contributed by atoms with Crippen molar-refractivity contribution in [3.8, 4) is 17.2 Å². The lowest BCUT2D eigenvalue weighted by Crippen LogP contribution is -2.23. The van der Waals surface area contributed by atoms with E-state index >= 15 is 0 Å². The number of ether oxygens (including phenoxy) is 2. The standard InChI is InChI=1S/C26H21ClN4O4S/c1-34-17-11-12-21(35-2)20(13-17)28-22(32)14-36-26-30-23-18-5-3-4-6-19(18)29-24(23)25(33)31(26)16-9-7-15(27)8-10-16/h3-13,29H,14H2,1-2H3,(H,28,32). The molecule has 0 fully saturated rings. The average molecular weight is 521 g/mol.